The summed E-state index contributed by atoms with van der Waals surface area (Å²) in [4.78, 5) is 2.43. The van der Waals surface area contributed by atoms with Crippen LogP contribution >= 0.6 is 0 Å². The topological polar surface area (TPSA) is 3.24 Å². The second kappa shape index (κ2) is 7.37. The summed E-state index contributed by atoms with van der Waals surface area (Å²) in [5.74, 6) is 0. The average molecular weight is 187 g/mol. The molecule has 0 amide bonds. The van der Waals surface area contributed by atoms with E-state index in [0.717, 1.165) is 6.04 Å². The van der Waals surface area contributed by atoms with E-state index in [1.165, 1.54) is 13.0 Å². The minimum absolute atomic E-state index is 0.550. The van der Waals surface area contributed by atoms with Crippen LogP contribution in [0.25, 0.3) is 0 Å². The fourth-order valence-electron chi connectivity index (χ4n) is 1.46. The molecule has 1 nitrogen and oxygen atoms in total. The van der Waals surface area contributed by atoms with E-state index >= 15 is 0 Å². The van der Waals surface area contributed by atoms with Crippen molar-refractivity contribution in [2.24, 2.45) is 5.41 Å². The number of rotatable bonds is 0. The zero-order valence-electron chi connectivity index (χ0n) is 10.9. The van der Waals surface area contributed by atoms with Gasteiger partial charge in [-0.2, -0.15) is 0 Å². The first-order valence-electron chi connectivity index (χ1n) is 5.74. The minimum Gasteiger partial charge on any atom is -0.303 e. The molecule has 1 fully saturated rings. The van der Waals surface area contributed by atoms with Crippen molar-refractivity contribution in [1.29, 1.82) is 0 Å². The van der Waals surface area contributed by atoms with Crippen molar-refractivity contribution in [3.8, 4) is 0 Å². The summed E-state index contributed by atoms with van der Waals surface area (Å²) in [6.45, 7) is 16.3. The Bertz CT molecular complexity index is 108. The molecule has 1 saturated heterocycles. The lowest BCUT2D eigenvalue weighted by Gasteiger charge is -2.26. The predicted molar refractivity (Wildman–Crippen MR) is 63.2 cm³/mol. The van der Waals surface area contributed by atoms with E-state index in [-0.39, 0.29) is 0 Å². The van der Waals surface area contributed by atoms with Crippen molar-refractivity contribution in [2.75, 3.05) is 13.6 Å². The third-order valence-corrected chi connectivity index (χ3v) is 2.90. The van der Waals surface area contributed by atoms with Gasteiger partial charge in [0.1, 0.15) is 0 Å². The van der Waals surface area contributed by atoms with Crippen molar-refractivity contribution in [1.82, 2.24) is 4.90 Å². The fraction of sp³-hybridized carbons (Fsp3) is 1.00. The van der Waals surface area contributed by atoms with Gasteiger partial charge in [0.2, 0.25) is 0 Å². The molecule has 1 heterocycles. The normalized spacial score (nSPS) is 25.4. The lowest BCUT2D eigenvalue weighted by molar-refractivity contribution is 0.232. The largest absolute Gasteiger partial charge is 0.303 e. The maximum Gasteiger partial charge on any atom is 0.0115 e. The van der Waals surface area contributed by atoms with Crippen LogP contribution in [0.15, 0.2) is 0 Å². The van der Waals surface area contributed by atoms with Gasteiger partial charge in [0.15, 0.2) is 0 Å². The molecule has 13 heavy (non-hydrogen) atoms. The zero-order valence-corrected chi connectivity index (χ0v) is 10.9. The van der Waals surface area contributed by atoms with Gasteiger partial charge in [-0.1, -0.05) is 41.5 Å². The summed E-state index contributed by atoms with van der Waals surface area (Å²) < 4.78 is 0. The Morgan fingerprint density at radius 1 is 1.08 bits per heavy atom. The van der Waals surface area contributed by atoms with Crippen LogP contribution < -0.4 is 0 Å². The van der Waals surface area contributed by atoms with Crippen LogP contribution in [0.2, 0.25) is 0 Å². The highest BCUT2D eigenvalue weighted by Crippen LogP contribution is 2.34. The van der Waals surface area contributed by atoms with Gasteiger partial charge in [-0.15, -0.1) is 0 Å². The molecule has 0 aromatic rings. The molecule has 1 aliphatic heterocycles. The molecule has 1 atom stereocenters. The third kappa shape index (κ3) is 4.66. The van der Waals surface area contributed by atoms with E-state index in [1.54, 1.807) is 0 Å². The molecule has 1 heteroatoms. The van der Waals surface area contributed by atoms with E-state index in [9.17, 15) is 0 Å². The molecule has 0 aromatic carbocycles. The Kier molecular flexibility index (Phi) is 8.75. The Hall–Kier alpha value is -0.0400. The van der Waals surface area contributed by atoms with Gasteiger partial charge < -0.3 is 4.90 Å². The summed E-state index contributed by atoms with van der Waals surface area (Å²) in [5, 5.41) is 0. The van der Waals surface area contributed by atoms with E-state index in [0.29, 0.717) is 5.41 Å². The first-order chi connectivity index (χ1) is 6.04. The second-order valence-corrected chi connectivity index (χ2v) is 3.90. The number of hydrogen-bond acceptors (Lipinski definition) is 1. The Morgan fingerprint density at radius 2 is 1.46 bits per heavy atom. The number of hydrogen-bond donors (Lipinski definition) is 0. The van der Waals surface area contributed by atoms with Crippen LogP contribution in [-0.2, 0) is 0 Å². The standard InChI is InChI=1S/C8H17N.2C2H6/c1-7-8(2,3)5-6-9(7)4;2*1-2/h7H,5-6H2,1-4H3;2*1-2H3. The monoisotopic (exact) mass is 187 g/mol. The summed E-state index contributed by atoms with van der Waals surface area (Å²) >= 11 is 0. The third-order valence-electron chi connectivity index (χ3n) is 2.90. The highest BCUT2D eigenvalue weighted by Gasteiger charge is 2.34. The minimum atomic E-state index is 0.550. The van der Waals surface area contributed by atoms with Crippen LogP contribution in [0, 0.1) is 5.41 Å². The fourth-order valence-corrected chi connectivity index (χ4v) is 1.46. The molecule has 0 saturated carbocycles. The summed E-state index contributed by atoms with van der Waals surface area (Å²) in [6, 6.07) is 0.762. The van der Waals surface area contributed by atoms with E-state index in [1.807, 2.05) is 27.7 Å². The van der Waals surface area contributed by atoms with Crippen molar-refractivity contribution >= 4 is 0 Å². The van der Waals surface area contributed by atoms with E-state index in [4.69, 9.17) is 0 Å². The molecule has 0 bridgehead atoms. The van der Waals surface area contributed by atoms with Crippen molar-refractivity contribution in [3.63, 3.8) is 0 Å². The van der Waals surface area contributed by atoms with Crippen LogP contribution in [0.5, 0.6) is 0 Å². The molecular weight excluding hydrogens is 158 g/mol. The molecule has 1 rings (SSSR count). The molecule has 0 radical (unpaired) electrons. The molecule has 0 aromatic heterocycles. The van der Waals surface area contributed by atoms with Gasteiger partial charge >= 0.3 is 0 Å². The van der Waals surface area contributed by atoms with Crippen molar-refractivity contribution in [3.05, 3.63) is 0 Å². The van der Waals surface area contributed by atoms with Crippen LogP contribution in [0.4, 0.5) is 0 Å². The molecule has 0 N–H and O–H groups in total. The van der Waals surface area contributed by atoms with Crippen molar-refractivity contribution in [2.45, 2.75) is 60.9 Å². The molecule has 0 spiro atoms. The van der Waals surface area contributed by atoms with Gasteiger partial charge in [0.25, 0.3) is 0 Å². The maximum absolute atomic E-state index is 2.43. The van der Waals surface area contributed by atoms with E-state index in [2.05, 4.69) is 32.7 Å². The quantitative estimate of drug-likeness (QED) is 0.558. The molecule has 82 valence electrons. The first kappa shape index (κ1) is 15.4. The summed E-state index contributed by atoms with van der Waals surface area (Å²) in [5.41, 5.74) is 0.550. The smallest absolute Gasteiger partial charge is 0.0115 e. The molecule has 1 aliphatic rings. The summed E-state index contributed by atoms with van der Waals surface area (Å²) in [6.07, 6.45) is 1.35. The Morgan fingerprint density at radius 3 is 1.54 bits per heavy atom. The lowest BCUT2D eigenvalue weighted by Crippen LogP contribution is -2.30. The van der Waals surface area contributed by atoms with E-state index < -0.39 is 0 Å². The molecule has 0 aliphatic carbocycles. The Labute approximate surface area is 85.5 Å². The molecule has 1 unspecified atom stereocenters. The van der Waals surface area contributed by atoms with Crippen molar-refractivity contribution < 1.29 is 0 Å². The second-order valence-electron chi connectivity index (χ2n) is 3.90. The van der Waals surface area contributed by atoms with Crippen LogP contribution in [0.1, 0.15) is 54.9 Å². The van der Waals surface area contributed by atoms with Gasteiger partial charge in [-0.25, -0.2) is 0 Å². The maximum atomic E-state index is 2.43. The lowest BCUT2D eigenvalue weighted by atomic mass is 9.86. The van der Waals surface area contributed by atoms with Gasteiger partial charge in [0, 0.05) is 6.04 Å². The van der Waals surface area contributed by atoms with Crippen LogP contribution in [0.3, 0.4) is 0 Å². The van der Waals surface area contributed by atoms with Gasteiger partial charge in [0.05, 0.1) is 0 Å². The molecular formula is C12H29N. The SMILES string of the molecule is CC.CC.CC1N(C)CCC1(C)C. The Balaban J connectivity index is 0. The first-order valence-corrected chi connectivity index (χ1v) is 5.74. The van der Waals surface area contributed by atoms with Gasteiger partial charge in [-0.3, -0.25) is 0 Å². The van der Waals surface area contributed by atoms with Gasteiger partial charge in [-0.05, 0) is 32.4 Å². The number of nitrogens with zero attached hydrogens (tertiary/aromatic N) is 1. The highest BCUT2D eigenvalue weighted by molar-refractivity contribution is 4.88. The predicted octanol–water partition coefficient (Wildman–Crippen LogP) is 3.79. The summed E-state index contributed by atoms with van der Waals surface area (Å²) in [7, 11) is 2.21. The number of likely N-dealkylation sites (tertiary alicyclic amines) is 1. The highest BCUT2D eigenvalue weighted by atomic mass is 15.2. The van der Waals surface area contributed by atoms with Crippen LogP contribution in [-0.4, -0.2) is 24.5 Å². The average Bonchev–Trinajstić information content (AvgIpc) is 2.40. The zero-order chi connectivity index (χ0) is 11.1.